The quantitative estimate of drug-likeness (QED) is 0.849. The maximum Gasteiger partial charge on any atom is 0.123 e. The summed E-state index contributed by atoms with van der Waals surface area (Å²) in [4.78, 5) is 7.55. The highest BCUT2D eigenvalue weighted by Crippen LogP contribution is 2.10. The van der Waals surface area contributed by atoms with Crippen LogP contribution < -0.4 is 5.73 Å². The second-order valence-corrected chi connectivity index (χ2v) is 4.08. The Bertz CT molecular complexity index is 488. The van der Waals surface area contributed by atoms with Crippen molar-refractivity contribution in [2.75, 3.05) is 0 Å². The minimum absolute atomic E-state index is 0.202. The van der Waals surface area contributed by atoms with Gasteiger partial charge in [-0.25, -0.2) is 9.37 Å². The van der Waals surface area contributed by atoms with Crippen LogP contribution in [0.15, 0.2) is 24.3 Å². The smallest absolute Gasteiger partial charge is 0.123 e. The van der Waals surface area contributed by atoms with Crippen LogP contribution >= 0.6 is 0 Å². The Morgan fingerprint density at radius 2 is 1.94 bits per heavy atom. The molecule has 0 aliphatic carbocycles. The number of nitrogens with one attached hydrogen (secondary N) is 1. The predicted octanol–water partition coefficient (Wildman–Crippen LogP) is 2.10. The Labute approximate surface area is 99.9 Å². The third-order valence-corrected chi connectivity index (χ3v) is 2.75. The zero-order chi connectivity index (χ0) is 12.3. The Balaban J connectivity index is 2.04. The number of hydrogen-bond donors (Lipinski definition) is 2. The molecule has 0 amide bonds. The summed E-state index contributed by atoms with van der Waals surface area (Å²) >= 11 is 0. The first-order chi connectivity index (χ1) is 8.19. The molecular weight excluding hydrogens is 217 g/mol. The van der Waals surface area contributed by atoms with Gasteiger partial charge >= 0.3 is 0 Å². The van der Waals surface area contributed by atoms with Gasteiger partial charge in [0.2, 0.25) is 0 Å². The Morgan fingerprint density at radius 1 is 1.24 bits per heavy atom. The van der Waals surface area contributed by atoms with Gasteiger partial charge in [0.25, 0.3) is 0 Å². The molecule has 90 valence electrons. The van der Waals surface area contributed by atoms with Crippen molar-refractivity contribution in [3.63, 3.8) is 0 Å². The lowest BCUT2D eigenvalue weighted by Gasteiger charge is -2.01. The van der Waals surface area contributed by atoms with E-state index < -0.39 is 0 Å². The van der Waals surface area contributed by atoms with E-state index in [0.29, 0.717) is 6.54 Å². The Kier molecular flexibility index (Phi) is 3.54. The predicted molar refractivity (Wildman–Crippen MR) is 65.0 cm³/mol. The lowest BCUT2D eigenvalue weighted by atomic mass is 10.1. The van der Waals surface area contributed by atoms with Gasteiger partial charge in [0.05, 0.1) is 11.4 Å². The van der Waals surface area contributed by atoms with Crippen LogP contribution in [0.4, 0.5) is 4.39 Å². The molecule has 3 N–H and O–H groups in total. The highest BCUT2D eigenvalue weighted by Gasteiger charge is 2.06. The first-order valence-electron chi connectivity index (χ1n) is 5.68. The van der Waals surface area contributed by atoms with Gasteiger partial charge in [-0.05, 0) is 37.5 Å². The molecule has 3 nitrogen and oxygen atoms in total. The van der Waals surface area contributed by atoms with Crippen molar-refractivity contribution >= 4 is 0 Å². The van der Waals surface area contributed by atoms with Crippen molar-refractivity contribution in [3.8, 4) is 0 Å². The number of H-pyrrole nitrogens is 1. The first-order valence-corrected chi connectivity index (χ1v) is 5.68. The van der Waals surface area contributed by atoms with Gasteiger partial charge in [-0.15, -0.1) is 0 Å². The molecule has 0 aliphatic rings. The topological polar surface area (TPSA) is 54.7 Å². The fourth-order valence-electron chi connectivity index (χ4n) is 1.88. The first kappa shape index (κ1) is 11.8. The van der Waals surface area contributed by atoms with Gasteiger partial charge in [0, 0.05) is 6.54 Å². The van der Waals surface area contributed by atoms with Crippen LogP contribution in [-0.2, 0) is 19.4 Å². The number of aryl methyl sites for hydroxylation is 3. The summed E-state index contributed by atoms with van der Waals surface area (Å²) in [6, 6.07) is 6.57. The number of benzene rings is 1. The van der Waals surface area contributed by atoms with E-state index in [0.717, 1.165) is 35.6 Å². The molecule has 0 aliphatic heterocycles. The molecule has 2 rings (SSSR count). The zero-order valence-corrected chi connectivity index (χ0v) is 9.83. The average molecular weight is 233 g/mol. The number of halogens is 1. The van der Waals surface area contributed by atoms with Crippen LogP contribution in [0.3, 0.4) is 0 Å². The van der Waals surface area contributed by atoms with Crippen molar-refractivity contribution in [2.45, 2.75) is 26.3 Å². The lowest BCUT2D eigenvalue weighted by molar-refractivity contribution is 0.627. The number of rotatable bonds is 4. The van der Waals surface area contributed by atoms with Crippen LogP contribution in [-0.4, -0.2) is 9.97 Å². The number of hydrogen-bond acceptors (Lipinski definition) is 2. The van der Waals surface area contributed by atoms with Gasteiger partial charge in [0.1, 0.15) is 11.6 Å². The summed E-state index contributed by atoms with van der Waals surface area (Å²) < 4.78 is 12.7. The van der Waals surface area contributed by atoms with Crippen molar-refractivity contribution in [2.24, 2.45) is 5.73 Å². The molecule has 0 fully saturated rings. The maximum absolute atomic E-state index is 12.7. The van der Waals surface area contributed by atoms with Gasteiger partial charge in [-0.1, -0.05) is 12.1 Å². The fraction of sp³-hybridized carbons (Fsp3) is 0.308. The molecule has 4 heteroatoms. The van der Waals surface area contributed by atoms with E-state index in [9.17, 15) is 4.39 Å². The summed E-state index contributed by atoms with van der Waals surface area (Å²) in [5.74, 6) is 0.687. The highest BCUT2D eigenvalue weighted by molar-refractivity contribution is 5.20. The van der Waals surface area contributed by atoms with Crippen LogP contribution in [0, 0.1) is 12.7 Å². The molecule has 0 unspecified atom stereocenters. The zero-order valence-electron chi connectivity index (χ0n) is 9.83. The van der Waals surface area contributed by atoms with E-state index in [4.69, 9.17) is 5.73 Å². The third-order valence-electron chi connectivity index (χ3n) is 2.75. The van der Waals surface area contributed by atoms with E-state index in [2.05, 4.69) is 9.97 Å². The minimum atomic E-state index is -0.202. The fourth-order valence-corrected chi connectivity index (χ4v) is 1.88. The molecule has 0 spiro atoms. The number of aromatic amines is 1. The number of nitrogens with zero attached hydrogens (tertiary/aromatic N) is 1. The Hall–Kier alpha value is -1.68. The summed E-state index contributed by atoms with van der Waals surface area (Å²) in [5, 5.41) is 0. The lowest BCUT2D eigenvalue weighted by Crippen LogP contribution is -2.02. The van der Waals surface area contributed by atoms with Crippen molar-refractivity contribution < 1.29 is 4.39 Å². The van der Waals surface area contributed by atoms with Crippen LogP contribution in [0.25, 0.3) is 0 Å². The average Bonchev–Trinajstić information content (AvgIpc) is 2.69. The molecular formula is C13H16FN3. The number of imidazole rings is 1. The van der Waals surface area contributed by atoms with Crippen LogP contribution in [0.5, 0.6) is 0 Å². The molecule has 0 bridgehead atoms. The van der Waals surface area contributed by atoms with Crippen LogP contribution in [0.1, 0.15) is 22.8 Å². The second-order valence-electron chi connectivity index (χ2n) is 4.08. The van der Waals surface area contributed by atoms with Crippen molar-refractivity contribution in [1.29, 1.82) is 0 Å². The normalized spacial score (nSPS) is 10.8. The molecule has 0 saturated carbocycles. The van der Waals surface area contributed by atoms with Crippen molar-refractivity contribution in [1.82, 2.24) is 9.97 Å². The van der Waals surface area contributed by atoms with E-state index in [1.807, 2.05) is 6.92 Å². The van der Waals surface area contributed by atoms with Gasteiger partial charge in [-0.2, -0.15) is 0 Å². The molecule has 0 saturated heterocycles. The number of nitrogens with two attached hydrogens (primary N) is 1. The highest BCUT2D eigenvalue weighted by atomic mass is 19.1. The maximum atomic E-state index is 12.7. The van der Waals surface area contributed by atoms with Gasteiger partial charge < -0.3 is 10.7 Å². The van der Waals surface area contributed by atoms with Gasteiger partial charge in [-0.3, -0.25) is 0 Å². The second kappa shape index (κ2) is 5.10. The molecule has 1 heterocycles. The van der Waals surface area contributed by atoms with E-state index in [-0.39, 0.29) is 5.82 Å². The minimum Gasteiger partial charge on any atom is -0.345 e. The largest absolute Gasteiger partial charge is 0.345 e. The van der Waals surface area contributed by atoms with E-state index >= 15 is 0 Å². The SMILES string of the molecule is Cc1nc(CCc2ccc(F)cc2)c(CN)[nH]1. The third kappa shape index (κ3) is 2.91. The summed E-state index contributed by atoms with van der Waals surface area (Å²) in [5.41, 5.74) is 8.74. The molecule has 0 atom stereocenters. The molecule has 1 aromatic heterocycles. The monoisotopic (exact) mass is 233 g/mol. The Morgan fingerprint density at radius 3 is 2.59 bits per heavy atom. The molecule has 1 aromatic carbocycles. The molecule has 0 radical (unpaired) electrons. The number of aromatic nitrogens is 2. The standard InChI is InChI=1S/C13H16FN3/c1-9-16-12(13(8-15)17-9)7-4-10-2-5-11(14)6-3-10/h2-3,5-6H,4,7-8,15H2,1H3,(H,16,17). The summed E-state index contributed by atoms with van der Waals surface area (Å²) in [6.45, 7) is 2.39. The van der Waals surface area contributed by atoms with Crippen molar-refractivity contribution in [3.05, 3.63) is 52.9 Å². The molecule has 17 heavy (non-hydrogen) atoms. The molecule has 2 aromatic rings. The van der Waals surface area contributed by atoms with E-state index in [1.54, 1.807) is 12.1 Å². The summed E-state index contributed by atoms with van der Waals surface area (Å²) in [7, 11) is 0. The summed E-state index contributed by atoms with van der Waals surface area (Å²) in [6.07, 6.45) is 1.67. The van der Waals surface area contributed by atoms with E-state index in [1.165, 1.54) is 12.1 Å². The van der Waals surface area contributed by atoms with Crippen LogP contribution in [0.2, 0.25) is 0 Å². The van der Waals surface area contributed by atoms with Gasteiger partial charge in [0.15, 0.2) is 0 Å².